The molecule has 0 saturated carbocycles. The summed E-state index contributed by atoms with van der Waals surface area (Å²) in [5.41, 5.74) is 0.434. The van der Waals surface area contributed by atoms with E-state index in [1.54, 1.807) is 6.07 Å². The van der Waals surface area contributed by atoms with Crippen molar-refractivity contribution < 1.29 is 9.50 Å². The molecule has 2 nitrogen and oxygen atoms in total. The Hall–Kier alpha value is -1.03. The predicted molar refractivity (Wildman–Crippen MR) is 47.1 cm³/mol. The van der Waals surface area contributed by atoms with Crippen molar-refractivity contribution in [3.05, 3.63) is 24.0 Å². The van der Waals surface area contributed by atoms with Crippen LogP contribution in [-0.2, 0) is 0 Å². The smallest absolute Gasteiger partial charge is 0.121 e. The van der Waals surface area contributed by atoms with Crippen LogP contribution in [0.5, 0.6) is 0 Å². The molecule has 0 aliphatic rings. The largest absolute Gasteiger partial charge is 0.374 e. The summed E-state index contributed by atoms with van der Waals surface area (Å²) in [4.78, 5) is 0. The maximum absolute atomic E-state index is 12.8. The molecule has 0 aromatic heterocycles. The molecule has 0 amide bonds. The first-order valence-electron chi connectivity index (χ1n) is 3.60. The van der Waals surface area contributed by atoms with Gasteiger partial charge in [0.25, 0.3) is 0 Å². The van der Waals surface area contributed by atoms with Crippen molar-refractivity contribution in [2.75, 3.05) is 5.32 Å². The number of aliphatic hydroxyl groups is 1. The summed E-state index contributed by atoms with van der Waals surface area (Å²) in [5.74, 6) is -0.486. The lowest BCUT2D eigenvalue weighted by atomic mass is 9.93. The molecule has 2 radical (unpaired) electrons. The molecule has 1 aromatic rings. The van der Waals surface area contributed by atoms with Gasteiger partial charge in [0.15, 0.2) is 0 Å². The van der Waals surface area contributed by atoms with Gasteiger partial charge in [-0.15, -0.1) is 0 Å². The van der Waals surface area contributed by atoms with Gasteiger partial charge in [-0.1, -0.05) is 6.07 Å². The fraction of sp³-hybridized carbons (Fsp3) is 0.250. The van der Waals surface area contributed by atoms with E-state index in [9.17, 15) is 4.39 Å². The number of aliphatic hydroxyl groups excluding tert-OH is 1. The van der Waals surface area contributed by atoms with Crippen molar-refractivity contribution in [2.45, 2.75) is 13.2 Å². The quantitative estimate of drug-likeness (QED) is 0.490. The molecule has 0 aliphatic heterocycles. The van der Waals surface area contributed by atoms with E-state index in [4.69, 9.17) is 13.0 Å². The summed E-state index contributed by atoms with van der Waals surface area (Å²) in [7, 11) is 5.38. The molecule has 62 valence electrons. The molecule has 0 saturated heterocycles. The van der Waals surface area contributed by atoms with E-state index in [-0.39, 0.29) is 5.46 Å². The van der Waals surface area contributed by atoms with E-state index >= 15 is 0 Å². The highest BCUT2D eigenvalue weighted by Crippen LogP contribution is 2.05. The fourth-order valence-electron chi connectivity index (χ4n) is 0.888. The second-order valence-corrected chi connectivity index (χ2v) is 2.52. The lowest BCUT2D eigenvalue weighted by Crippen LogP contribution is -2.21. The normalized spacial score (nSPS) is 12.6. The highest BCUT2D eigenvalue weighted by molar-refractivity contribution is 6.36. The zero-order chi connectivity index (χ0) is 9.14. The van der Waals surface area contributed by atoms with Gasteiger partial charge in [-0.2, -0.15) is 0 Å². The lowest BCUT2D eigenvalue weighted by Gasteiger charge is -2.12. The van der Waals surface area contributed by atoms with Crippen LogP contribution < -0.4 is 10.8 Å². The Labute approximate surface area is 71.8 Å². The monoisotopic (exact) mass is 165 g/mol. The minimum absolute atomic E-state index is 0.0263. The van der Waals surface area contributed by atoms with E-state index in [0.717, 1.165) is 0 Å². The molecule has 4 heteroatoms. The summed E-state index contributed by atoms with van der Waals surface area (Å²) in [6, 6.07) is 4.39. The molecule has 0 fully saturated rings. The molecule has 0 unspecified atom stereocenters. The Kier molecular flexibility index (Phi) is 2.71. The van der Waals surface area contributed by atoms with Crippen LogP contribution in [0.25, 0.3) is 0 Å². The SMILES string of the molecule is [B]c1c(F)cccc1N[C@H](C)O. The van der Waals surface area contributed by atoms with Crippen molar-refractivity contribution in [3.63, 3.8) is 0 Å². The Balaban J connectivity index is 2.92. The fourth-order valence-corrected chi connectivity index (χ4v) is 0.888. The Morgan fingerprint density at radius 2 is 2.25 bits per heavy atom. The zero-order valence-electron chi connectivity index (χ0n) is 6.71. The molecule has 1 atom stereocenters. The minimum Gasteiger partial charge on any atom is -0.374 e. The number of hydrogen-bond donors (Lipinski definition) is 2. The molecule has 12 heavy (non-hydrogen) atoms. The summed E-state index contributed by atoms with van der Waals surface area (Å²) in [6.07, 6.45) is -0.742. The first-order valence-corrected chi connectivity index (χ1v) is 3.60. The van der Waals surface area contributed by atoms with Crippen molar-refractivity contribution >= 4 is 19.0 Å². The average Bonchev–Trinajstić information content (AvgIpc) is 1.98. The van der Waals surface area contributed by atoms with Gasteiger partial charge in [-0.05, 0) is 24.5 Å². The summed E-state index contributed by atoms with van der Waals surface area (Å²) < 4.78 is 12.8. The lowest BCUT2D eigenvalue weighted by molar-refractivity contribution is 0.224. The Morgan fingerprint density at radius 3 is 2.83 bits per heavy atom. The van der Waals surface area contributed by atoms with Crippen LogP contribution in [0.1, 0.15) is 6.92 Å². The number of hydrogen-bond acceptors (Lipinski definition) is 2. The van der Waals surface area contributed by atoms with Crippen LogP contribution >= 0.6 is 0 Å². The van der Waals surface area contributed by atoms with Crippen LogP contribution in [0, 0.1) is 5.82 Å². The summed E-state index contributed by atoms with van der Waals surface area (Å²) in [5, 5.41) is 11.5. The minimum atomic E-state index is -0.742. The van der Waals surface area contributed by atoms with Crippen LogP contribution in [0.15, 0.2) is 18.2 Å². The second-order valence-electron chi connectivity index (χ2n) is 2.52. The molecule has 0 bridgehead atoms. The zero-order valence-corrected chi connectivity index (χ0v) is 6.71. The molecule has 1 rings (SSSR count). The highest BCUT2D eigenvalue weighted by Gasteiger charge is 2.03. The van der Waals surface area contributed by atoms with Crippen LogP contribution in [0.3, 0.4) is 0 Å². The van der Waals surface area contributed by atoms with E-state index in [1.165, 1.54) is 19.1 Å². The summed E-state index contributed by atoms with van der Waals surface area (Å²) >= 11 is 0. The van der Waals surface area contributed by atoms with Gasteiger partial charge in [-0.3, -0.25) is 0 Å². The molecular formula is C8H9BFNO. The van der Waals surface area contributed by atoms with Gasteiger partial charge in [0.05, 0.1) is 0 Å². The van der Waals surface area contributed by atoms with E-state index in [0.29, 0.717) is 5.69 Å². The van der Waals surface area contributed by atoms with Gasteiger partial charge in [-0.25, -0.2) is 4.39 Å². The van der Waals surface area contributed by atoms with E-state index < -0.39 is 12.0 Å². The first-order chi connectivity index (χ1) is 5.61. The van der Waals surface area contributed by atoms with Crippen LogP contribution in [-0.4, -0.2) is 19.2 Å². The van der Waals surface area contributed by atoms with Crippen molar-refractivity contribution in [3.8, 4) is 0 Å². The van der Waals surface area contributed by atoms with Crippen molar-refractivity contribution in [1.29, 1.82) is 0 Å². The van der Waals surface area contributed by atoms with Gasteiger partial charge < -0.3 is 10.4 Å². The number of benzene rings is 1. The molecule has 0 heterocycles. The Bertz CT molecular complexity index is 278. The third-order valence-corrected chi connectivity index (χ3v) is 1.42. The third-order valence-electron chi connectivity index (χ3n) is 1.42. The number of halogens is 1. The third kappa shape index (κ3) is 1.98. The van der Waals surface area contributed by atoms with Gasteiger partial charge in [0.2, 0.25) is 0 Å². The molecule has 0 aliphatic carbocycles. The molecule has 2 N–H and O–H groups in total. The Morgan fingerprint density at radius 1 is 1.58 bits per heavy atom. The van der Waals surface area contributed by atoms with Gasteiger partial charge in [0, 0.05) is 5.69 Å². The number of anilines is 1. The molecular weight excluding hydrogens is 156 g/mol. The van der Waals surface area contributed by atoms with Crippen molar-refractivity contribution in [1.82, 2.24) is 0 Å². The van der Waals surface area contributed by atoms with E-state index in [1.807, 2.05) is 0 Å². The van der Waals surface area contributed by atoms with Gasteiger partial charge >= 0.3 is 0 Å². The topological polar surface area (TPSA) is 32.3 Å². The standard InChI is InChI=1S/C8H9BFNO/c1-5(12)11-7-4-2-3-6(10)8(7)9/h2-5,11-12H,1H3/t5-/m0/s1. The van der Waals surface area contributed by atoms with Gasteiger partial charge in [0.1, 0.15) is 19.9 Å². The maximum atomic E-state index is 12.8. The highest BCUT2D eigenvalue weighted by atomic mass is 19.1. The predicted octanol–water partition coefficient (Wildman–Crippen LogP) is 0.370. The first kappa shape index (κ1) is 9.07. The average molecular weight is 165 g/mol. The molecule has 0 spiro atoms. The van der Waals surface area contributed by atoms with Crippen LogP contribution in [0.2, 0.25) is 0 Å². The molecule has 1 aromatic carbocycles. The summed E-state index contributed by atoms with van der Waals surface area (Å²) in [6.45, 7) is 1.53. The van der Waals surface area contributed by atoms with Crippen LogP contribution in [0.4, 0.5) is 10.1 Å². The van der Waals surface area contributed by atoms with Crippen molar-refractivity contribution in [2.24, 2.45) is 0 Å². The maximum Gasteiger partial charge on any atom is 0.121 e. The number of rotatable bonds is 2. The number of nitrogens with one attached hydrogen (secondary N) is 1. The van der Waals surface area contributed by atoms with E-state index in [2.05, 4.69) is 5.32 Å². The second kappa shape index (κ2) is 3.58.